The second kappa shape index (κ2) is 23.3. The summed E-state index contributed by atoms with van der Waals surface area (Å²) in [5, 5.41) is 2.69. The molecule has 4 atom stereocenters. The average molecular weight is 873 g/mol. The number of benzene rings is 2. The Morgan fingerprint density at radius 2 is 1.55 bits per heavy atom. The number of aliphatic imine (C=N–C) groups is 1. The Morgan fingerprint density at radius 1 is 0.914 bits per heavy atom. The fourth-order valence-corrected chi connectivity index (χ4v) is 7.17. The van der Waals surface area contributed by atoms with Crippen LogP contribution in [0.3, 0.4) is 0 Å². The van der Waals surface area contributed by atoms with E-state index >= 15 is 0 Å². The number of alkyl carbamates (subject to hydrolysis) is 1. The lowest BCUT2D eigenvalue weighted by Crippen LogP contribution is -2.51. The molecule has 6 rings (SSSR count). The maximum Gasteiger partial charge on any atom is 0.407 e. The molecular weight excluding hydrogens is 817 g/mol. The van der Waals surface area contributed by atoms with E-state index in [-0.39, 0.29) is 83.8 Å². The van der Waals surface area contributed by atoms with E-state index in [0.717, 1.165) is 71.3 Å². The standard InChI is InChI=1S/C40H48N8O6.4H2S/c1-6-9-30(42-24-54-53-5)38(49)47-20-8-11-34(47)37-43-29-19-16-27(22-31(29)44-37)13-12-26-14-17-28(18-15-26)32-23-41-36(45-32)33-10-7-21-48(33)39(50)35(25(2)3)46-40(51)52-4;;;;/h14-19,22-25,30,33-35H,6-11,20-21H2,1-5H3,(H,41,45)(H,43,44)(H,46,51);4*1H2/t30-,33-,34-,35-;;;;/m0..../s1. The van der Waals surface area contributed by atoms with E-state index in [4.69, 9.17) is 14.6 Å². The topological polar surface area (TPSA) is 167 Å². The zero-order valence-corrected chi connectivity index (χ0v) is 37.4. The number of hydrogen-bond acceptors (Lipinski definition) is 9. The van der Waals surface area contributed by atoms with Gasteiger partial charge in [0.05, 0.1) is 49.2 Å². The van der Waals surface area contributed by atoms with E-state index in [1.54, 1.807) is 11.1 Å². The predicted molar refractivity (Wildman–Crippen MR) is 244 cm³/mol. The largest absolute Gasteiger partial charge is 0.453 e. The first-order valence-corrected chi connectivity index (χ1v) is 18.5. The highest BCUT2D eigenvalue weighted by Gasteiger charge is 2.38. The van der Waals surface area contributed by atoms with Crippen molar-refractivity contribution in [2.24, 2.45) is 10.9 Å². The molecule has 2 fully saturated rings. The van der Waals surface area contributed by atoms with Crippen molar-refractivity contribution in [3.8, 4) is 23.1 Å². The monoisotopic (exact) mass is 872 g/mol. The molecular formula is C40H56N8O6S4. The predicted octanol–water partition coefficient (Wildman–Crippen LogP) is 6.29. The summed E-state index contributed by atoms with van der Waals surface area (Å²) < 4.78 is 4.75. The maximum absolute atomic E-state index is 13.5. The number of aromatic amines is 2. The van der Waals surface area contributed by atoms with E-state index in [2.05, 4.69) is 42.0 Å². The van der Waals surface area contributed by atoms with Crippen LogP contribution in [-0.2, 0) is 24.1 Å². The normalized spacial score (nSPS) is 16.9. The van der Waals surface area contributed by atoms with Crippen molar-refractivity contribution in [3.05, 3.63) is 71.4 Å². The number of amides is 3. The molecule has 2 saturated heterocycles. The number of fused-ring (bicyclic) bond motifs is 1. The lowest BCUT2D eigenvalue weighted by atomic mass is 10.0. The number of ether oxygens (including phenoxy) is 1. The number of nitrogens with zero attached hydrogens (tertiary/aromatic N) is 5. The molecule has 2 aromatic carbocycles. The number of carbonyl (C=O) groups is 3. The molecule has 0 bridgehead atoms. The van der Waals surface area contributed by atoms with Gasteiger partial charge in [-0.05, 0) is 73.9 Å². The number of H-pyrrole nitrogens is 2. The van der Waals surface area contributed by atoms with Crippen molar-refractivity contribution in [1.29, 1.82) is 0 Å². The molecule has 3 N–H and O–H groups in total. The van der Waals surface area contributed by atoms with Gasteiger partial charge < -0.3 is 34.7 Å². The first kappa shape index (κ1) is 49.9. The first-order chi connectivity index (χ1) is 26.2. The van der Waals surface area contributed by atoms with Gasteiger partial charge >= 0.3 is 6.09 Å². The second-order valence-corrected chi connectivity index (χ2v) is 13.9. The second-order valence-electron chi connectivity index (χ2n) is 13.9. The molecule has 58 heavy (non-hydrogen) atoms. The highest BCUT2D eigenvalue weighted by molar-refractivity contribution is 7.59. The Morgan fingerprint density at radius 3 is 2.19 bits per heavy atom. The minimum atomic E-state index is -0.688. The molecule has 0 unspecified atom stereocenters. The molecule has 0 aliphatic carbocycles. The van der Waals surface area contributed by atoms with Crippen LogP contribution in [0.5, 0.6) is 0 Å². The van der Waals surface area contributed by atoms with Crippen molar-refractivity contribution >= 4 is 89.3 Å². The van der Waals surface area contributed by atoms with Crippen LogP contribution in [0.2, 0.25) is 0 Å². The summed E-state index contributed by atoms with van der Waals surface area (Å²) in [6.45, 7) is 7.06. The van der Waals surface area contributed by atoms with Gasteiger partial charge in [-0.15, -0.1) is 0 Å². The van der Waals surface area contributed by atoms with Gasteiger partial charge in [-0.3, -0.25) is 9.59 Å². The molecule has 0 radical (unpaired) electrons. The zero-order valence-electron chi connectivity index (χ0n) is 33.4. The summed E-state index contributed by atoms with van der Waals surface area (Å²) >= 11 is 0. The van der Waals surface area contributed by atoms with E-state index in [1.807, 2.05) is 68.1 Å². The van der Waals surface area contributed by atoms with E-state index < -0.39 is 18.2 Å². The smallest absolute Gasteiger partial charge is 0.407 e. The van der Waals surface area contributed by atoms with Crippen LogP contribution in [0.4, 0.5) is 4.79 Å². The van der Waals surface area contributed by atoms with E-state index in [1.165, 1.54) is 20.6 Å². The van der Waals surface area contributed by atoms with E-state index in [0.29, 0.717) is 25.3 Å². The summed E-state index contributed by atoms with van der Waals surface area (Å²) in [6, 6.07) is 12.2. The highest BCUT2D eigenvalue weighted by Crippen LogP contribution is 2.34. The first-order valence-electron chi connectivity index (χ1n) is 18.5. The molecule has 0 saturated carbocycles. The van der Waals surface area contributed by atoms with Crippen LogP contribution in [0.1, 0.15) is 94.2 Å². The van der Waals surface area contributed by atoms with Crippen molar-refractivity contribution in [2.45, 2.75) is 83.5 Å². The number of carbonyl (C=O) groups excluding carboxylic acids is 3. The molecule has 18 heteroatoms. The molecule has 0 spiro atoms. The van der Waals surface area contributed by atoms with Crippen LogP contribution in [-0.4, -0.2) is 93.4 Å². The van der Waals surface area contributed by atoms with Gasteiger partial charge in [0.2, 0.25) is 18.2 Å². The number of aromatic nitrogens is 4. The minimum absolute atomic E-state index is 0. The lowest BCUT2D eigenvalue weighted by molar-refractivity contribution is -0.188. The fourth-order valence-electron chi connectivity index (χ4n) is 7.17. The average Bonchev–Trinajstić information content (AvgIpc) is 4.01. The van der Waals surface area contributed by atoms with Gasteiger partial charge in [-0.1, -0.05) is 51.2 Å². The quantitative estimate of drug-likeness (QED) is 0.0492. The van der Waals surface area contributed by atoms with Crippen LogP contribution >= 0.6 is 54.0 Å². The van der Waals surface area contributed by atoms with Crippen LogP contribution in [0.15, 0.2) is 53.7 Å². The van der Waals surface area contributed by atoms with Gasteiger partial charge in [-0.25, -0.2) is 19.8 Å². The number of hydrogen-bond donors (Lipinski definition) is 3. The molecule has 14 nitrogen and oxygen atoms in total. The third kappa shape index (κ3) is 11.7. The summed E-state index contributed by atoms with van der Waals surface area (Å²) in [7, 11) is 2.68. The number of methoxy groups -OCH3 is 1. The van der Waals surface area contributed by atoms with Gasteiger partial charge in [0.1, 0.15) is 23.7 Å². The molecule has 2 aliphatic heterocycles. The minimum Gasteiger partial charge on any atom is -0.453 e. The molecule has 2 aliphatic rings. The van der Waals surface area contributed by atoms with Crippen molar-refractivity contribution in [2.75, 3.05) is 27.3 Å². The fraction of sp³-hybridized carbons (Fsp3) is 0.450. The summed E-state index contributed by atoms with van der Waals surface area (Å²) in [5.74, 6) is 7.71. The summed E-state index contributed by atoms with van der Waals surface area (Å²) in [5.41, 5.74) is 5.16. The van der Waals surface area contributed by atoms with Crippen molar-refractivity contribution in [3.63, 3.8) is 0 Å². The Hall–Kier alpha value is -4.28. The lowest BCUT2D eigenvalue weighted by Gasteiger charge is -2.30. The van der Waals surface area contributed by atoms with E-state index in [9.17, 15) is 14.4 Å². The van der Waals surface area contributed by atoms with Crippen LogP contribution in [0.25, 0.3) is 22.3 Å². The summed E-state index contributed by atoms with van der Waals surface area (Å²) in [6.07, 6.45) is 7.10. The highest BCUT2D eigenvalue weighted by atomic mass is 32.1. The molecule has 316 valence electrons. The van der Waals surface area contributed by atoms with Gasteiger partial charge in [-0.2, -0.15) is 58.9 Å². The molecule has 3 amide bonds. The third-order valence-electron chi connectivity index (χ3n) is 9.96. The number of imidazole rings is 2. The van der Waals surface area contributed by atoms with Gasteiger partial charge in [0, 0.05) is 24.2 Å². The van der Waals surface area contributed by atoms with Gasteiger partial charge in [0.25, 0.3) is 0 Å². The Kier molecular flexibility index (Phi) is 20.1. The maximum atomic E-state index is 13.5. The summed E-state index contributed by atoms with van der Waals surface area (Å²) in [4.78, 5) is 72.6. The Bertz CT molecular complexity index is 2050. The third-order valence-corrected chi connectivity index (χ3v) is 9.96. The SMILES string of the molecule is CCC[C@H](N=COOC)C(=O)N1CCC[C@H]1c1nc2ccc(C#Cc3ccc(-c4cnc([C@@H]5CCCN5C(=O)[C@@H](NC(=O)OC)C(C)C)[nH]4)cc3)cc2[nH]1.S.S.S.S. The molecule has 4 heterocycles. The van der Waals surface area contributed by atoms with Crippen molar-refractivity contribution < 1.29 is 28.9 Å². The van der Waals surface area contributed by atoms with Crippen LogP contribution in [0, 0.1) is 17.8 Å². The number of nitrogens with one attached hydrogen (secondary N) is 3. The van der Waals surface area contributed by atoms with Gasteiger partial charge in [0.15, 0.2) is 0 Å². The number of rotatable bonds is 12. The van der Waals surface area contributed by atoms with Crippen molar-refractivity contribution in [1.82, 2.24) is 35.1 Å². The zero-order chi connectivity index (χ0) is 38.2. The molecule has 4 aromatic rings. The van der Waals surface area contributed by atoms with Crippen LogP contribution < -0.4 is 5.32 Å². The number of likely N-dealkylation sites (tertiary alicyclic amines) is 2. The Balaban J connectivity index is 0.00000290. The Labute approximate surface area is 367 Å². The molecule has 2 aromatic heterocycles.